The van der Waals surface area contributed by atoms with Crippen molar-refractivity contribution in [1.29, 1.82) is 0 Å². The number of carbonyl (C=O) groups excluding carboxylic acids is 1. The molecule has 0 saturated heterocycles. The first-order valence-electron chi connectivity index (χ1n) is 5.58. The number of nitrogens with one attached hydrogen (secondary N) is 1. The summed E-state index contributed by atoms with van der Waals surface area (Å²) in [5.74, 6) is -0.278. The summed E-state index contributed by atoms with van der Waals surface area (Å²) >= 11 is 2.10. The zero-order chi connectivity index (χ0) is 12.8. The second kappa shape index (κ2) is 6.80. The first kappa shape index (κ1) is 14.2. The number of hydrogen-bond donors (Lipinski definition) is 3. The lowest BCUT2D eigenvalue weighted by Gasteiger charge is -2.16. The standard InChI is InChI=1S/C12H17IN2O2/c1-2-3-9(7-14)15-12(17)10-6-8(13)4-5-11(10)16/h4-6,9,16H,2-3,7,14H2,1H3,(H,15,17). The fourth-order valence-corrected chi connectivity index (χ4v) is 2.04. The number of phenols is 1. The average molecular weight is 348 g/mol. The van der Waals surface area contributed by atoms with Gasteiger partial charge in [0, 0.05) is 16.2 Å². The topological polar surface area (TPSA) is 75.3 Å². The number of phenolic OH excluding ortho intramolecular Hbond substituents is 1. The summed E-state index contributed by atoms with van der Waals surface area (Å²) in [4.78, 5) is 11.9. The molecule has 0 fully saturated rings. The Morgan fingerprint density at radius 2 is 2.29 bits per heavy atom. The fraction of sp³-hybridized carbons (Fsp3) is 0.417. The third-order valence-corrected chi connectivity index (χ3v) is 3.13. The number of benzene rings is 1. The minimum absolute atomic E-state index is 0.00446. The van der Waals surface area contributed by atoms with Gasteiger partial charge in [0.2, 0.25) is 0 Å². The highest BCUT2D eigenvalue weighted by molar-refractivity contribution is 14.1. The molecule has 94 valence electrons. The summed E-state index contributed by atoms with van der Waals surface area (Å²) in [7, 11) is 0. The Balaban J connectivity index is 2.78. The van der Waals surface area contributed by atoms with Crippen molar-refractivity contribution in [3.8, 4) is 5.75 Å². The van der Waals surface area contributed by atoms with E-state index in [0.29, 0.717) is 12.1 Å². The molecule has 1 aromatic rings. The van der Waals surface area contributed by atoms with Crippen LogP contribution in [0.3, 0.4) is 0 Å². The van der Waals surface area contributed by atoms with Crippen molar-refractivity contribution >= 4 is 28.5 Å². The van der Waals surface area contributed by atoms with Crippen LogP contribution in [-0.2, 0) is 0 Å². The molecule has 4 nitrogen and oxygen atoms in total. The van der Waals surface area contributed by atoms with Crippen LogP contribution >= 0.6 is 22.6 Å². The highest BCUT2D eigenvalue weighted by Gasteiger charge is 2.15. The van der Waals surface area contributed by atoms with Gasteiger partial charge in [-0.2, -0.15) is 0 Å². The molecule has 17 heavy (non-hydrogen) atoms. The molecule has 0 aromatic heterocycles. The second-order valence-electron chi connectivity index (χ2n) is 3.86. The Labute approximate surface area is 115 Å². The summed E-state index contributed by atoms with van der Waals surface area (Å²) in [6, 6.07) is 4.89. The Hall–Kier alpha value is -0.820. The van der Waals surface area contributed by atoms with E-state index in [1.165, 1.54) is 6.07 Å². The third-order valence-electron chi connectivity index (χ3n) is 2.46. The van der Waals surface area contributed by atoms with Crippen LogP contribution in [0.15, 0.2) is 18.2 Å². The first-order chi connectivity index (χ1) is 8.08. The molecule has 1 rings (SSSR count). The summed E-state index contributed by atoms with van der Waals surface area (Å²) in [5.41, 5.74) is 5.87. The molecule has 1 atom stereocenters. The van der Waals surface area contributed by atoms with Gasteiger partial charge in [-0.3, -0.25) is 4.79 Å². The largest absolute Gasteiger partial charge is 0.507 e. The summed E-state index contributed by atoms with van der Waals surface area (Å²) in [5, 5.41) is 12.5. The van der Waals surface area contributed by atoms with Crippen LogP contribution in [0.25, 0.3) is 0 Å². The van der Waals surface area contributed by atoms with E-state index >= 15 is 0 Å². The molecule has 0 saturated carbocycles. The molecule has 1 amide bonds. The Morgan fingerprint density at radius 3 is 2.88 bits per heavy atom. The highest BCUT2D eigenvalue weighted by atomic mass is 127. The fourth-order valence-electron chi connectivity index (χ4n) is 1.55. The minimum Gasteiger partial charge on any atom is -0.507 e. The molecule has 1 unspecified atom stereocenters. The van der Waals surface area contributed by atoms with Gasteiger partial charge in [-0.25, -0.2) is 0 Å². The molecule has 0 aliphatic carbocycles. The zero-order valence-corrected chi connectivity index (χ0v) is 11.9. The average Bonchev–Trinajstić information content (AvgIpc) is 2.31. The van der Waals surface area contributed by atoms with Gasteiger partial charge in [0.25, 0.3) is 5.91 Å². The van der Waals surface area contributed by atoms with E-state index in [0.717, 1.165) is 16.4 Å². The molecule has 0 radical (unpaired) electrons. The molecule has 0 spiro atoms. The van der Waals surface area contributed by atoms with Crippen molar-refractivity contribution in [2.75, 3.05) is 6.54 Å². The molecule has 0 bridgehead atoms. The van der Waals surface area contributed by atoms with Crippen LogP contribution in [-0.4, -0.2) is 23.6 Å². The number of halogens is 1. The molecule has 5 heteroatoms. The number of amides is 1. The second-order valence-corrected chi connectivity index (χ2v) is 5.10. The predicted molar refractivity (Wildman–Crippen MR) is 76.0 cm³/mol. The Kier molecular flexibility index (Phi) is 5.70. The molecular formula is C12H17IN2O2. The van der Waals surface area contributed by atoms with E-state index in [2.05, 4.69) is 27.9 Å². The molecule has 0 aliphatic heterocycles. The zero-order valence-electron chi connectivity index (χ0n) is 9.74. The van der Waals surface area contributed by atoms with E-state index in [1.54, 1.807) is 12.1 Å². The summed E-state index contributed by atoms with van der Waals surface area (Å²) < 4.78 is 0.908. The quantitative estimate of drug-likeness (QED) is 0.711. The van der Waals surface area contributed by atoms with Crippen molar-refractivity contribution < 1.29 is 9.90 Å². The number of carbonyl (C=O) groups is 1. The smallest absolute Gasteiger partial charge is 0.255 e. The Bertz CT molecular complexity index is 396. The number of rotatable bonds is 5. The van der Waals surface area contributed by atoms with E-state index in [4.69, 9.17) is 5.73 Å². The number of aromatic hydroxyl groups is 1. The minimum atomic E-state index is -0.273. The van der Waals surface area contributed by atoms with Gasteiger partial charge in [0.15, 0.2) is 0 Å². The number of nitrogens with two attached hydrogens (primary N) is 1. The normalized spacial score (nSPS) is 12.2. The van der Waals surface area contributed by atoms with Crippen LogP contribution in [0, 0.1) is 3.57 Å². The van der Waals surface area contributed by atoms with Crippen molar-refractivity contribution in [3.63, 3.8) is 0 Å². The lowest BCUT2D eigenvalue weighted by molar-refractivity contribution is 0.0933. The Morgan fingerprint density at radius 1 is 1.59 bits per heavy atom. The monoisotopic (exact) mass is 348 g/mol. The summed E-state index contributed by atoms with van der Waals surface area (Å²) in [6.07, 6.45) is 1.80. The van der Waals surface area contributed by atoms with Crippen LogP contribution in [0.2, 0.25) is 0 Å². The van der Waals surface area contributed by atoms with Gasteiger partial charge in [0.05, 0.1) is 5.56 Å². The molecule has 0 aliphatic rings. The lowest BCUT2D eigenvalue weighted by Crippen LogP contribution is -2.40. The van der Waals surface area contributed by atoms with Crippen LogP contribution in [0.1, 0.15) is 30.1 Å². The molecule has 0 heterocycles. The molecule has 4 N–H and O–H groups in total. The van der Waals surface area contributed by atoms with E-state index < -0.39 is 0 Å². The first-order valence-corrected chi connectivity index (χ1v) is 6.65. The maximum Gasteiger partial charge on any atom is 0.255 e. The van der Waals surface area contributed by atoms with E-state index in [-0.39, 0.29) is 17.7 Å². The van der Waals surface area contributed by atoms with Crippen LogP contribution in [0.5, 0.6) is 5.75 Å². The maximum absolute atomic E-state index is 11.9. The van der Waals surface area contributed by atoms with Crippen molar-refractivity contribution in [2.45, 2.75) is 25.8 Å². The highest BCUT2D eigenvalue weighted by Crippen LogP contribution is 2.19. The molecule has 1 aromatic carbocycles. The van der Waals surface area contributed by atoms with Gasteiger partial charge in [0.1, 0.15) is 5.75 Å². The maximum atomic E-state index is 11.9. The third kappa shape index (κ3) is 4.16. The molecular weight excluding hydrogens is 331 g/mol. The van der Waals surface area contributed by atoms with E-state index in [1.807, 2.05) is 6.92 Å². The summed E-state index contributed by atoms with van der Waals surface area (Å²) in [6.45, 7) is 2.45. The van der Waals surface area contributed by atoms with Gasteiger partial charge >= 0.3 is 0 Å². The van der Waals surface area contributed by atoms with E-state index in [9.17, 15) is 9.90 Å². The van der Waals surface area contributed by atoms with Gasteiger partial charge in [-0.15, -0.1) is 0 Å². The predicted octanol–water partition coefficient (Wildman–Crippen LogP) is 1.85. The van der Waals surface area contributed by atoms with Gasteiger partial charge < -0.3 is 16.2 Å². The van der Waals surface area contributed by atoms with Crippen LogP contribution < -0.4 is 11.1 Å². The lowest BCUT2D eigenvalue weighted by atomic mass is 10.1. The van der Waals surface area contributed by atoms with Crippen LogP contribution in [0.4, 0.5) is 0 Å². The SMILES string of the molecule is CCCC(CN)NC(=O)c1cc(I)ccc1O. The van der Waals surface area contributed by atoms with Gasteiger partial charge in [-0.1, -0.05) is 13.3 Å². The van der Waals surface area contributed by atoms with Crippen molar-refractivity contribution in [2.24, 2.45) is 5.73 Å². The van der Waals surface area contributed by atoms with Crippen molar-refractivity contribution in [1.82, 2.24) is 5.32 Å². The van der Waals surface area contributed by atoms with Gasteiger partial charge in [-0.05, 0) is 47.2 Å². The number of hydrogen-bond acceptors (Lipinski definition) is 3. The van der Waals surface area contributed by atoms with Crippen molar-refractivity contribution in [3.05, 3.63) is 27.3 Å².